The Morgan fingerprint density at radius 3 is 2.35 bits per heavy atom. The molecule has 6 nitrogen and oxygen atoms in total. The summed E-state index contributed by atoms with van der Waals surface area (Å²) >= 11 is 11.6. The summed E-state index contributed by atoms with van der Waals surface area (Å²) in [6, 6.07) is 2.47. The van der Waals surface area contributed by atoms with E-state index < -0.39 is 4.92 Å². The second-order valence-corrected chi connectivity index (χ2v) is 6.01. The molecule has 0 heterocycles. The second kappa shape index (κ2) is 6.28. The van der Waals surface area contributed by atoms with Gasteiger partial charge in [0.15, 0.2) is 0 Å². The molecule has 0 aliphatic carbocycles. The van der Waals surface area contributed by atoms with Crippen molar-refractivity contribution >= 4 is 40.5 Å². The van der Waals surface area contributed by atoms with Gasteiger partial charge in [0.05, 0.1) is 21.5 Å². The Labute approximate surface area is 126 Å². The number of hydrogen-bond donors (Lipinski definition) is 2. The van der Waals surface area contributed by atoms with Gasteiger partial charge in [-0.15, -0.1) is 0 Å². The summed E-state index contributed by atoms with van der Waals surface area (Å²) in [5, 5.41) is 16.6. The number of nitrogens with one attached hydrogen (secondary N) is 2. The first-order valence-electron chi connectivity index (χ1n) is 5.78. The first-order valence-corrected chi connectivity index (χ1v) is 6.54. The molecular weight excluding hydrogens is 305 g/mol. The highest BCUT2D eigenvalue weighted by molar-refractivity contribution is 6.42. The molecule has 0 fully saturated rings. The fourth-order valence-electron chi connectivity index (χ4n) is 1.47. The molecule has 0 atom stereocenters. The highest BCUT2D eigenvalue weighted by atomic mass is 35.5. The predicted molar refractivity (Wildman–Crippen MR) is 79.5 cm³/mol. The van der Waals surface area contributed by atoms with Gasteiger partial charge in [-0.25, -0.2) is 0 Å². The van der Waals surface area contributed by atoms with Crippen LogP contribution in [0.1, 0.15) is 20.8 Å². The van der Waals surface area contributed by atoms with Crippen molar-refractivity contribution in [3.8, 4) is 0 Å². The van der Waals surface area contributed by atoms with E-state index in [0.717, 1.165) is 6.07 Å². The summed E-state index contributed by atoms with van der Waals surface area (Å²) in [6.07, 6.45) is 0. The number of rotatable bonds is 4. The Hall–Kier alpha value is -1.53. The summed E-state index contributed by atoms with van der Waals surface area (Å²) in [6.45, 7) is 5.42. The Kier molecular flexibility index (Phi) is 5.19. The summed E-state index contributed by atoms with van der Waals surface area (Å²) in [7, 11) is 0. The molecule has 0 unspecified atom stereocenters. The van der Waals surface area contributed by atoms with E-state index in [1.54, 1.807) is 0 Å². The van der Waals surface area contributed by atoms with Gasteiger partial charge in [0.2, 0.25) is 5.91 Å². The normalized spacial score (nSPS) is 11.1. The van der Waals surface area contributed by atoms with Crippen molar-refractivity contribution in [2.45, 2.75) is 26.3 Å². The van der Waals surface area contributed by atoms with Crippen LogP contribution in [0.15, 0.2) is 12.1 Å². The average molecular weight is 320 g/mol. The highest BCUT2D eigenvalue weighted by Gasteiger charge is 2.19. The standard InChI is InChI=1S/C12H15Cl2N3O3/c1-12(2,3)16-11(18)6-15-9-4-7(13)8(14)5-10(9)17(19)20/h4-5,15H,6H2,1-3H3,(H,16,18). The molecule has 0 aromatic heterocycles. The molecule has 0 radical (unpaired) electrons. The van der Waals surface area contributed by atoms with E-state index in [4.69, 9.17) is 23.2 Å². The van der Waals surface area contributed by atoms with Crippen molar-refractivity contribution in [2.75, 3.05) is 11.9 Å². The molecular formula is C12H15Cl2N3O3. The lowest BCUT2D eigenvalue weighted by Gasteiger charge is -2.20. The molecule has 2 N–H and O–H groups in total. The van der Waals surface area contributed by atoms with E-state index in [9.17, 15) is 14.9 Å². The molecule has 0 bridgehead atoms. The van der Waals surface area contributed by atoms with Crippen LogP contribution in [0.3, 0.4) is 0 Å². The highest BCUT2D eigenvalue weighted by Crippen LogP contribution is 2.33. The number of nitrogens with zero attached hydrogens (tertiary/aromatic N) is 1. The lowest BCUT2D eigenvalue weighted by atomic mass is 10.1. The first kappa shape index (κ1) is 16.5. The van der Waals surface area contributed by atoms with Gasteiger partial charge < -0.3 is 10.6 Å². The van der Waals surface area contributed by atoms with E-state index in [0.29, 0.717) is 0 Å². The Bertz CT molecular complexity index is 541. The van der Waals surface area contributed by atoms with Crippen LogP contribution >= 0.6 is 23.2 Å². The zero-order valence-electron chi connectivity index (χ0n) is 11.3. The summed E-state index contributed by atoms with van der Waals surface area (Å²) in [5.74, 6) is -0.280. The first-order chi connectivity index (χ1) is 9.10. The minimum absolute atomic E-state index is 0.0862. The van der Waals surface area contributed by atoms with E-state index in [2.05, 4.69) is 10.6 Å². The molecule has 0 saturated heterocycles. The maximum Gasteiger partial charge on any atom is 0.293 e. The topological polar surface area (TPSA) is 84.3 Å². The average Bonchev–Trinajstić information content (AvgIpc) is 2.27. The van der Waals surface area contributed by atoms with Crippen molar-refractivity contribution in [3.05, 3.63) is 32.3 Å². The van der Waals surface area contributed by atoms with Gasteiger partial charge in [-0.1, -0.05) is 23.2 Å². The van der Waals surface area contributed by atoms with E-state index >= 15 is 0 Å². The minimum Gasteiger partial charge on any atom is -0.371 e. The molecule has 0 saturated carbocycles. The monoisotopic (exact) mass is 319 g/mol. The van der Waals surface area contributed by atoms with Gasteiger partial charge in [0.25, 0.3) is 5.69 Å². The van der Waals surface area contributed by atoms with Crippen molar-refractivity contribution in [2.24, 2.45) is 0 Å². The van der Waals surface area contributed by atoms with Crippen LogP contribution in [0.25, 0.3) is 0 Å². The molecule has 0 aliphatic heterocycles. The minimum atomic E-state index is -0.591. The molecule has 0 aliphatic rings. The Balaban J connectivity index is 2.85. The Morgan fingerprint density at radius 2 is 1.85 bits per heavy atom. The number of halogens is 2. The van der Waals surface area contributed by atoms with Gasteiger partial charge in [0.1, 0.15) is 5.69 Å². The number of carbonyl (C=O) groups excluding carboxylic acids is 1. The van der Waals surface area contributed by atoms with Crippen LogP contribution in [-0.4, -0.2) is 22.9 Å². The number of nitro groups is 1. The lowest BCUT2D eigenvalue weighted by Crippen LogP contribution is -2.43. The van der Waals surface area contributed by atoms with E-state index in [-0.39, 0.29) is 39.4 Å². The molecule has 1 aromatic carbocycles. The molecule has 110 valence electrons. The second-order valence-electron chi connectivity index (χ2n) is 5.19. The maximum absolute atomic E-state index is 11.7. The van der Waals surface area contributed by atoms with Crippen molar-refractivity contribution in [1.82, 2.24) is 5.32 Å². The van der Waals surface area contributed by atoms with Gasteiger partial charge >= 0.3 is 0 Å². The molecule has 1 aromatic rings. The maximum atomic E-state index is 11.7. The SMILES string of the molecule is CC(C)(C)NC(=O)CNc1cc(Cl)c(Cl)cc1[N+](=O)[O-]. The van der Waals surface area contributed by atoms with Gasteiger partial charge in [-0.2, -0.15) is 0 Å². The molecule has 0 spiro atoms. The quantitative estimate of drug-likeness (QED) is 0.659. The molecule has 1 amide bonds. The zero-order chi connectivity index (χ0) is 15.5. The third-order valence-electron chi connectivity index (χ3n) is 2.19. The fourth-order valence-corrected chi connectivity index (χ4v) is 1.79. The van der Waals surface area contributed by atoms with Crippen LogP contribution in [-0.2, 0) is 4.79 Å². The number of amides is 1. The van der Waals surface area contributed by atoms with Crippen LogP contribution in [0.2, 0.25) is 10.0 Å². The predicted octanol–water partition coefficient (Wildman–Crippen LogP) is 3.23. The third-order valence-corrected chi connectivity index (χ3v) is 2.91. The summed E-state index contributed by atoms with van der Waals surface area (Å²) in [4.78, 5) is 22.0. The summed E-state index contributed by atoms with van der Waals surface area (Å²) < 4.78 is 0. The van der Waals surface area contributed by atoms with Gasteiger partial charge in [-0.3, -0.25) is 14.9 Å². The molecule has 1 rings (SSSR count). The molecule has 20 heavy (non-hydrogen) atoms. The number of nitro benzene ring substituents is 1. The van der Waals surface area contributed by atoms with E-state index in [1.807, 2.05) is 20.8 Å². The van der Waals surface area contributed by atoms with Crippen LogP contribution in [0, 0.1) is 10.1 Å². The van der Waals surface area contributed by atoms with Crippen LogP contribution < -0.4 is 10.6 Å². The lowest BCUT2D eigenvalue weighted by molar-refractivity contribution is -0.383. The Morgan fingerprint density at radius 1 is 1.30 bits per heavy atom. The van der Waals surface area contributed by atoms with Crippen molar-refractivity contribution in [1.29, 1.82) is 0 Å². The van der Waals surface area contributed by atoms with Gasteiger partial charge in [-0.05, 0) is 26.8 Å². The third kappa shape index (κ3) is 4.86. The zero-order valence-corrected chi connectivity index (χ0v) is 12.8. The van der Waals surface area contributed by atoms with Crippen LogP contribution in [0.5, 0.6) is 0 Å². The number of carbonyl (C=O) groups is 1. The van der Waals surface area contributed by atoms with Crippen LogP contribution in [0.4, 0.5) is 11.4 Å². The largest absolute Gasteiger partial charge is 0.371 e. The number of benzene rings is 1. The smallest absolute Gasteiger partial charge is 0.293 e. The van der Waals surface area contributed by atoms with Crippen molar-refractivity contribution < 1.29 is 9.72 Å². The number of anilines is 1. The van der Waals surface area contributed by atoms with Crippen molar-refractivity contribution in [3.63, 3.8) is 0 Å². The molecule has 8 heteroatoms. The van der Waals surface area contributed by atoms with Gasteiger partial charge in [0, 0.05) is 11.6 Å². The fraction of sp³-hybridized carbons (Fsp3) is 0.417. The summed E-state index contributed by atoms with van der Waals surface area (Å²) in [5.41, 5.74) is -0.459. The number of hydrogen-bond acceptors (Lipinski definition) is 4. The van der Waals surface area contributed by atoms with E-state index in [1.165, 1.54) is 6.07 Å².